The van der Waals surface area contributed by atoms with Gasteiger partial charge in [0.15, 0.2) is 0 Å². The highest BCUT2D eigenvalue weighted by Crippen LogP contribution is 2.21. The molecule has 0 aliphatic carbocycles. The molecule has 0 radical (unpaired) electrons. The fraction of sp³-hybridized carbons (Fsp3) is 0.235. The first kappa shape index (κ1) is 15.7. The summed E-state index contributed by atoms with van der Waals surface area (Å²) < 4.78 is 5.29. The number of carbonyl (C=O) groups excluding carboxylic acids is 1. The number of hydrogen-bond acceptors (Lipinski definition) is 5. The SMILES string of the molecule is CC(C)(C)OC(=O)c1ccc(/N=N/c2ccc(O)cc2)cc1. The lowest BCUT2D eigenvalue weighted by Crippen LogP contribution is -2.23. The van der Waals surface area contributed by atoms with Gasteiger partial charge in [-0.1, -0.05) is 0 Å². The fourth-order valence-corrected chi connectivity index (χ4v) is 1.64. The quantitative estimate of drug-likeness (QED) is 0.655. The number of aromatic hydroxyl groups is 1. The summed E-state index contributed by atoms with van der Waals surface area (Å²) in [6, 6.07) is 13.1. The predicted octanol–water partition coefficient (Wildman–Crippen LogP) is 4.76. The topological polar surface area (TPSA) is 71.2 Å². The van der Waals surface area contributed by atoms with Crippen molar-refractivity contribution in [3.63, 3.8) is 0 Å². The molecule has 114 valence electrons. The molecular formula is C17H18N2O3. The molecule has 0 heterocycles. The first-order chi connectivity index (χ1) is 10.3. The van der Waals surface area contributed by atoms with Crippen LogP contribution >= 0.6 is 0 Å². The second-order valence-corrected chi connectivity index (χ2v) is 5.77. The third-order valence-corrected chi connectivity index (χ3v) is 2.63. The second kappa shape index (κ2) is 6.39. The van der Waals surface area contributed by atoms with Gasteiger partial charge in [-0.15, -0.1) is 0 Å². The van der Waals surface area contributed by atoms with Crippen molar-refractivity contribution in [1.29, 1.82) is 0 Å². The number of rotatable bonds is 3. The number of carbonyl (C=O) groups is 1. The van der Waals surface area contributed by atoms with Crippen molar-refractivity contribution in [2.45, 2.75) is 26.4 Å². The number of hydrogen-bond donors (Lipinski definition) is 1. The minimum Gasteiger partial charge on any atom is -0.508 e. The molecular weight excluding hydrogens is 280 g/mol. The summed E-state index contributed by atoms with van der Waals surface area (Å²) in [5.41, 5.74) is 1.21. The summed E-state index contributed by atoms with van der Waals surface area (Å²) >= 11 is 0. The smallest absolute Gasteiger partial charge is 0.338 e. The van der Waals surface area contributed by atoms with E-state index < -0.39 is 5.60 Å². The average Bonchev–Trinajstić information content (AvgIpc) is 2.45. The molecule has 0 aliphatic heterocycles. The lowest BCUT2D eigenvalue weighted by Gasteiger charge is -2.19. The molecule has 0 aromatic heterocycles. The maximum atomic E-state index is 11.9. The zero-order chi connectivity index (χ0) is 16.2. The van der Waals surface area contributed by atoms with Crippen molar-refractivity contribution in [2.24, 2.45) is 10.2 Å². The normalized spacial score (nSPS) is 11.6. The van der Waals surface area contributed by atoms with Crippen LogP contribution in [0.1, 0.15) is 31.1 Å². The largest absolute Gasteiger partial charge is 0.508 e. The third kappa shape index (κ3) is 4.70. The minimum atomic E-state index is -0.520. The molecule has 22 heavy (non-hydrogen) atoms. The van der Waals surface area contributed by atoms with E-state index in [1.54, 1.807) is 48.5 Å². The summed E-state index contributed by atoms with van der Waals surface area (Å²) in [4.78, 5) is 11.9. The number of esters is 1. The predicted molar refractivity (Wildman–Crippen MR) is 83.9 cm³/mol. The van der Waals surface area contributed by atoms with Gasteiger partial charge in [0, 0.05) is 0 Å². The molecule has 0 atom stereocenters. The lowest BCUT2D eigenvalue weighted by atomic mass is 10.1. The molecule has 0 spiro atoms. The number of azo groups is 1. The molecule has 0 bridgehead atoms. The highest BCUT2D eigenvalue weighted by atomic mass is 16.6. The van der Waals surface area contributed by atoms with E-state index in [0.29, 0.717) is 16.9 Å². The highest BCUT2D eigenvalue weighted by Gasteiger charge is 2.17. The van der Waals surface area contributed by atoms with E-state index in [0.717, 1.165) is 0 Å². The van der Waals surface area contributed by atoms with Gasteiger partial charge < -0.3 is 9.84 Å². The number of phenolic OH excluding ortho intramolecular Hbond substituents is 1. The lowest BCUT2D eigenvalue weighted by molar-refractivity contribution is 0.00696. The number of benzene rings is 2. The van der Waals surface area contributed by atoms with E-state index in [1.165, 1.54) is 0 Å². The Bertz CT molecular complexity index is 669. The van der Waals surface area contributed by atoms with Crippen LogP contribution in [-0.2, 0) is 4.74 Å². The molecule has 0 saturated carbocycles. The van der Waals surface area contributed by atoms with E-state index >= 15 is 0 Å². The molecule has 0 unspecified atom stereocenters. The Kier molecular flexibility index (Phi) is 4.56. The molecule has 5 nitrogen and oxygen atoms in total. The van der Waals surface area contributed by atoms with Gasteiger partial charge in [-0.3, -0.25) is 0 Å². The van der Waals surface area contributed by atoms with Gasteiger partial charge in [-0.05, 0) is 69.3 Å². The molecule has 1 N–H and O–H groups in total. The van der Waals surface area contributed by atoms with Gasteiger partial charge in [0.05, 0.1) is 16.9 Å². The molecule has 0 fully saturated rings. The van der Waals surface area contributed by atoms with E-state index in [9.17, 15) is 9.90 Å². The van der Waals surface area contributed by atoms with Crippen molar-refractivity contribution in [1.82, 2.24) is 0 Å². The number of ether oxygens (including phenoxy) is 1. The van der Waals surface area contributed by atoms with Gasteiger partial charge in [0.1, 0.15) is 11.4 Å². The van der Waals surface area contributed by atoms with Gasteiger partial charge in [0.2, 0.25) is 0 Å². The van der Waals surface area contributed by atoms with Gasteiger partial charge in [0.25, 0.3) is 0 Å². The number of nitrogens with zero attached hydrogens (tertiary/aromatic N) is 2. The van der Waals surface area contributed by atoms with Crippen LogP contribution < -0.4 is 0 Å². The highest BCUT2D eigenvalue weighted by molar-refractivity contribution is 5.90. The van der Waals surface area contributed by atoms with Gasteiger partial charge in [-0.25, -0.2) is 4.79 Å². The third-order valence-electron chi connectivity index (χ3n) is 2.63. The standard InChI is InChI=1S/C17H18N2O3/c1-17(2,3)22-16(21)12-4-6-13(7-5-12)18-19-14-8-10-15(20)11-9-14/h4-11,20H,1-3H3/b19-18+. The van der Waals surface area contributed by atoms with E-state index in [-0.39, 0.29) is 11.7 Å². The van der Waals surface area contributed by atoms with Crippen LogP contribution in [0.3, 0.4) is 0 Å². The maximum Gasteiger partial charge on any atom is 0.338 e. The fourth-order valence-electron chi connectivity index (χ4n) is 1.64. The summed E-state index contributed by atoms with van der Waals surface area (Å²) in [6.07, 6.45) is 0. The van der Waals surface area contributed by atoms with Crippen LogP contribution in [0.5, 0.6) is 5.75 Å². The Hall–Kier alpha value is -2.69. The zero-order valence-corrected chi connectivity index (χ0v) is 12.8. The molecule has 0 amide bonds. The van der Waals surface area contributed by atoms with Gasteiger partial charge >= 0.3 is 5.97 Å². The van der Waals surface area contributed by atoms with E-state index in [2.05, 4.69) is 10.2 Å². The summed E-state index contributed by atoms with van der Waals surface area (Å²) in [6.45, 7) is 5.47. The molecule has 0 aliphatic rings. The Morgan fingerprint density at radius 2 is 1.36 bits per heavy atom. The van der Waals surface area contributed by atoms with Crippen molar-refractivity contribution in [3.05, 3.63) is 54.1 Å². The minimum absolute atomic E-state index is 0.181. The monoisotopic (exact) mass is 298 g/mol. The Morgan fingerprint density at radius 3 is 1.82 bits per heavy atom. The maximum absolute atomic E-state index is 11.9. The Balaban J connectivity index is 2.05. The Labute approximate surface area is 129 Å². The number of phenols is 1. The van der Waals surface area contributed by atoms with E-state index in [1.807, 2.05) is 20.8 Å². The first-order valence-corrected chi connectivity index (χ1v) is 6.88. The van der Waals surface area contributed by atoms with Crippen LogP contribution in [-0.4, -0.2) is 16.7 Å². The van der Waals surface area contributed by atoms with Crippen molar-refractivity contribution < 1.29 is 14.6 Å². The van der Waals surface area contributed by atoms with Crippen LogP contribution in [0.25, 0.3) is 0 Å². The van der Waals surface area contributed by atoms with Crippen molar-refractivity contribution in [2.75, 3.05) is 0 Å². The van der Waals surface area contributed by atoms with Crippen LogP contribution in [0, 0.1) is 0 Å². The molecule has 2 aromatic rings. The van der Waals surface area contributed by atoms with Crippen LogP contribution in [0.15, 0.2) is 58.8 Å². The molecule has 2 aromatic carbocycles. The molecule has 2 rings (SSSR count). The summed E-state index contributed by atoms with van der Waals surface area (Å²) in [7, 11) is 0. The zero-order valence-electron chi connectivity index (χ0n) is 12.8. The van der Waals surface area contributed by atoms with Crippen molar-refractivity contribution >= 4 is 17.3 Å². The first-order valence-electron chi connectivity index (χ1n) is 6.88. The second-order valence-electron chi connectivity index (χ2n) is 5.77. The van der Waals surface area contributed by atoms with Crippen LogP contribution in [0.2, 0.25) is 0 Å². The Morgan fingerprint density at radius 1 is 0.909 bits per heavy atom. The average molecular weight is 298 g/mol. The molecule has 0 saturated heterocycles. The van der Waals surface area contributed by atoms with Crippen molar-refractivity contribution in [3.8, 4) is 5.75 Å². The van der Waals surface area contributed by atoms with Gasteiger partial charge in [-0.2, -0.15) is 10.2 Å². The summed E-state index contributed by atoms with van der Waals surface area (Å²) in [5.74, 6) is -0.185. The molecule has 5 heteroatoms. The van der Waals surface area contributed by atoms with Crippen LogP contribution in [0.4, 0.5) is 11.4 Å². The summed E-state index contributed by atoms with van der Waals surface area (Å²) in [5, 5.41) is 17.3. The van der Waals surface area contributed by atoms with E-state index in [4.69, 9.17) is 4.74 Å².